The average molecular weight is 340 g/mol. The van der Waals surface area contributed by atoms with Crippen molar-refractivity contribution in [2.24, 2.45) is 0 Å². The molecule has 1 aromatic carbocycles. The number of benzene rings is 1. The first-order valence-corrected chi connectivity index (χ1v) is 7.74. The van der Waals surface area contributed by atoms with Crippen molar-refractivity contribution in [1.82, 2.24) is 4.98 Å². The molecule has 2 heterocycles. The lowest BCUT2D eigenvalue weighted by atomic mass is 9.93. The third-order valence-electron chi connectivity index (χ3n) is 3.79. The smallest absolute Gasteiger partial charge is 0.232 e. The molecule has 0 aliphatic heterocycles. The lowest BCUT2D eigenvalue weighted by Crippen LogP contribution is -2.23. The molecular formula is C19H17FN2O3. The van der Waals surface area contributed by atoms with Crippen molar-refractivity contribution < 1.29 is 18.3 Å². The number of hydrogen-bond donors (Lipinski definition) is 1. The number of carbonyl (C=O) groups is 1. The van der Waals surface area contributed by atoms with Gasteiger partial charge in [-0.3, -0.25) is 4.79 Å². The molecule has 0 bridgehead atoms. The highest BCUT2D eigenvalue weighted by Gasteiger charge is 2.22. The number of furan rings is 1. The molecule has 3 aromatic rings. The number of nitrogens with zero attached hydrogens (tertiary/aromatic N) is 1. The summed E-state index contributed by atoms with van der Waals surface area (Å²) in [5.41, 5.74) is 1.26. The van der Waals surface area contributed by atoms with Crippen molar-refractivity contribution in [2.45, 2.75) is 12.3 Å². The van der Waals surface area contributed by atoms with Crippen LogP contribution >= 0.6 is 0 Å². The summed E-state index contributed by atoms with van der Waals surface area (Å²) in [6, 6.07) is 12.8. The zero-order valence-electron chi connectivity index (χ0n) is 13.6. The standard InChI is InChI=1S/C19H17FN2O3/c1-24-18-9-8-15(12-21-18)22-19(23)17(11-16-3-2-10-25-16)13-4-6-14(20)7-5-13/h2-10,12,17H,11H2,1H3,(H,22,23). The van der Waals surface area contributed by atoms with Gasteiger partial charge in [0.2, 0.25) is 11.8 Å². The van der Waals surface area contributed by atoms with Gasteiger partial charge in [0.15, 0.2) is 0 Å². The van der Waals surface area contributed by atoms with Crippen LogP contribution in [0.4, 0.5) is 10.1 Å². The number of aromatic nitrogens is 1. The third kappa shape index (κ3) is 4.23. The Morgan fingerprint density at radius 3 is 2.64 bits per heavy atom. The van der Waals surface area contributed by atoms with Crippen molar-refractivity contribution in [1.29, 1.82) is 0 Å². The molecule has 0 saturated heterocycles. The summed E-state index contributed by atoms with van der Waals surface area (Å²) in [5, 5.41) is 2.83. The number of hydrogen-bond acceptors (Lipinski definition) is 4. The van der Waals surface area contributed by atoms with Crippen molar-refractivity contribution in [3.8, 4) is 5.88 Å². The maximum atomic E-state index is 13.2. The summed E-state index contributed by atoms with van der Waals surface area (Å²) in [6.45, 7) is 0. The van der Waals surface area contributed by atoms with Crippen LogP contribution < -0.4 is 10.1 Å². The van der Waals surface area contributed by atoms with E-state index in [4.69, 9.17) is 9.15 Å². The Morgan fingerprint density at radius 2 is 2.04 bits per heavy atom. The first-order chi connectivity index (χ1) is 12.2. The molecule has 128 valence electrons. The van der Waals surface area contributed by atoms with Crippen LogP contribution in [0.2, 0.25) is 0 Å². The van der Waals surface area contributed by atoms with E-state index in [-0.39, 0.29) is 11.7 Å². The molecule has 0 spiro atoms. The molecule has 1 N–H and O–H groups in total. The summed E-state index contributed by atoms with van der Waals surface area (Å²) in [6.07, 6.45) is 3.45. The number of halogens is 1. The van der Waals surface area contributed by atoms with Crippen LogP contribution in [0, 0.1) is 5.82 Å². The van der Waals surface area contributed by atoms with Gasteiger partial charge in [-0.1, -0.05) is 12.1 Å². The van der Waals surface area contributed by atoms with Crippen LogP contribution in [0.5, 0.6) is 5.88 Å². The minimum Gasteiger partial charge on any atom is -0.481 e. The highest BCUT2D eigenvalue weighted by atomic mass is 19.1. The lowest BCUT2D eigenvalue weighted by molar-refractivity contribution is -0.117. The molecule has 1 amide bonds. The van der Waals surface area contributed by atoms with Crippen molar-refractivity contribution in [3.63, 3.8) is 0 Å². The van der Waals surface area contributed by atoms with Crippen molar-refractivity contribution >= 4 is 11.6 Å². The predicted octanol–water partition coefficient (Wildman–Crippen LogP) is 3.79. The Bertz CT molecular complexity index is 815. The molecule has 25 heavy (non-hydrogen) atoms. The van der Waals surface area contributed by atoms with Crippen LogP contribution in [0.15, 0.2) is 65.4 Å². The van der Waals surface area contributed by atoms with Crippen LogP contribution in [-0.4, -0.2) is 18.0 Å². The molecule has 6 heteroatoms. The van der Waals surface area contributed by atoms with E-state index >= 15 is 0 Å². The van der Waals surface area contributed by atoms with Crippen molar-refractivity contribution in [3.05, 3.63) is 78.1 Å². The number of nitrogens with one attached hydrogen (secondary N) is 1. The Balaban J connectivity index is 1.81. The summed E-state index contributed by atoms with van der Waals surface area (Å²) in [5.74, 6) is 0.0464. The van der Waals surface area contributed by atoms with E-state index < -0.39 is 5.92 Å². The van der Waals surface area contributed by atoms with Gasteiger partial charge in [-0.25, -0.2) is 9.37 Å². The van der Waals surface area contributed by atoms with Gasteiger partial charge < -0.3 is 14.5 Å². The fraction of sp³-hybridized carbons (Fsp3) is 0.158. The molecule has 0 saturated carbocycles. The molecule has 3 rings (SSSR count). The second-order valence-corrected chi connectivity index (χ2v) is 5.47. The SMILES string of the molecule is COc1ccc(NC(=O)C(Cc2ccco2)c2ccc(F)cc2)cn1. The maximum absolute atomic E-state index is 13.2. The molecule has 0 fully saturated rings. The van der Waals surface area contributed by atoms with Crippen molar-refractivity contribution in [2.75, 3.05) is 12.4 Å². The van der Waals surface area contributed by atoms with Gasteiger partial charge in [0.25, 0.3) is 0 Å². The lowest BCUT2D eigenvalue weighted by Gasteiger charge is -2.16. The fourth-order valence-electron chi connectivity index (χ4n) is 2.49. The van der Waals surface area contributed by atoms with Crippen LogP contribution in [0.3, 0.4) is 0 Å². The summed E-state index contributed by atoms with van der Waals surface area (Å²) in [7, 11) is 1.52. The zero-order valence-corrected chi connectivity index (χ0v) is 13.6. The Hall–Kier alpha value is -3.15. The third-order valence-corrected chi connectivity index (χ3v) is 3.79. The Kier molecular flexibility index (Phi) is 5.09. The maximum Gasteiger partial charge on any atom is 0.232 e. The van der Waals surface area contributed by atoms with Gasteiger partial charge in [0.1, 0.15) is 11.6 Å². The molecule has 0 radical (unpaired) electrons. The first-order valence-electron chi connectivity index (χ1n) is 7.74. The predicted molar refractivity (Wildman–Crippen MR) is 91.0 cm³/mol. The number of ether oxygens (including phenoxy) is 1. The van der Waals surface area contributed by atoms with Gasteiger partial charge >= 0.3 is 0 Å². The van der Waals surface area contributed by atoms with E-state index in [9.17, 15) is 9.18 Å². The number of carbonyl (C=O) groups excluding carboxylic acids is 1. The molecule has 2 aromatic heterocycles. The molecule has 1 unspecified atom stereocenters. The quantitative estimate of drug-likeness (QED) is 0.741. The van der Waals surface area contributed by atoms with E-state index in [2.05, 4.69) is 10.3 Å². The second-order valence-electron chi connectivity index (χ2n) is 5.47. The van der Waals surface area contributed by atoms with Gasteiger partial charge in [0, 0.05) is 12.5 Å². The van der Waals surface area contributed by atoms with Crippen LogP contribution in [-0.2, 0) is 11.2 Å². The average Bonchev–Trinajstić information content (AvgIpc) is 3.14. The first kappa shape index (κ1) is 16.7. The number of rotatable bonds is 6. The Morgan fingerprint density at radius 1 is 1.24 bits per heavy atom. The minimum atomic E-state index is -0.520. The van der Waals surface area contributed by atoms with E-state index in [1.165, 1.54) is 25.4 Å². The van der Waals surface area contributed by atoms with Gasteiger partial charge in [-0.05, 0) is 35.9 Å². The van der Waals surface area contributed by atoms with Crippen LogP contribution in [0.1, 0.15) is 17.2 Å². The monoisotopic (exact) mass is 340 g/mol. The highest BCUT2D eigenvalue weighted by molar-refractivity contribution is 5.95. The molecule has 0 aliphatic carbocycles. The number of anilines is 1. The number of methoxy groups -OCH3 is 1. The topological polar surface area (TPSA) is 64.4 Å². The molecular weight excluding hydrogens is 323 g/mol. The van der Waals surface area contributed by atoms with Gasteiger partial charge in [0.05, 0.1) is 31.2 Å². The summed E-state index contributed by atoms with van der Waals surface area (Å²) < 4.78 is 23.6. The summed E-state index contributed by atoms with van der Waals surface area (Å²) in [4.78, 5) is 16.8. The second kappa shape index (κ2) is 7.61. The largest absolute Gasteiger partial charge is 0.481 e. The van der Waals surface area contributed by atoms with Gasteiger partial charge in [-0.15, -0.1) is 0 Å². The fourth-order valence-corrected chi connectivity index (χ4v) is 2.49. The normalized spacial score (nSPS) is 11.8. The highest BCUT2D eigenvalue weighted by Crippen LogP contribution is 2.24. The van der Waals surface area contributed by atoms with Crippen LogP contribution in [0.25, 0.3) is 0 Å². The molecule has 0 aliphatic rings. The number of pyridine rings is 1. The molecule has 1 atom stereocenters. The number of amides is 1. The minimum absolute atomic E-state index is 0.227. The van der Waals surface area contributed by atoms with Gasteiger partial charge in [-0.2, -0.15) is 0 Å². The van der Waals surface area contributed by atoms with E-state index in [0.717, 1.165) is 0 Å². The molecule has 5 nitrogen and oxygen atoms in total. The van der Waals surface area contributed by atoms with E-state index in [1.54, 1.807) is 42.7 Å². The van der Waals surface area contributed by atoms with E-state index in [0.29, 0.717) is 29.3 Å². The summed E-state index contributed by atoms with van der Waals surface area (Å²) >= 11 is 0. The van der Waals surface area contributed by atoms with E-state index in [1.807, 2.05) is 0 Å². The Labute approximate surface area is 144 Å². The zero-order chi connectivity index (χ0) is 17.6.